The molecule has 8 heteroatoms. The first-order valence-electron chi connectivity index (χ1n) is 9.86. The zero-order valence-electron chi connectivity index (χ0n) is 17.4. The maximum absolute atomic E-state index is 13.4. The molecule has 0 N–H and O–H groups in total. The standard InChI is InChI=1S/C18H39O7P/c1-7-16(13-20-10-4)23-26(19,24-17(8-2)14-21-11-5)25-18(9-3)15-22-12-6/h16-18H,7-15H2,1-6H3. The van der Waals surface area contributed by atoms with E-state index in [0.717, 1.165) is 0 Å². The van der Waals surface area contributed by atoms with Gasteiger partial charge in [-0.15, -0.1) is 0 Å². The van der Waals surface area contributed by atoms with E-state index in [1.54, 1.807) is 0 Å². The van der Waals surface area contributed by atoms with Crippen LogP contribution in [0, 0.1) is 0 Å². The molecule has 7 nitrogen and oxygen atoms in total. The Morgan fingerprint density at radius 3 is 1.04 bits per heavy atom. The molecule has 26 heavy (non-hydrogen) atoms. The highest BCUT2D eigenvalue weighted by Crippen LogP contribution is 2.53. The fraction of sp³-hybridized carbons (Fsp3) is 1.00. The van der Waals surface area contributed by atoms with Crippen LogP contribution in [0.25, 0.3) is 0 Å². The molecule has 3 unspecified atom stereocenters. The smallest absolute Gasteiger partial charge is 0.379 e. The van der Waals surface area contributed by atoms with Crippen molar-refractivity contribution in [1.82, 2.24) is 0 Å². The van der Waals surface area contributed by atoms with Crippen molar-refractivity contribution < 1.29 is 32.3 Å². The summed E-state index contributed by atoms with van der Waals surface area (Å²) in [5.41, 5.74) is 0. The van der Waals surface area contributed by atoms with Crippen molar-refractivity contribution >= 4 is 7.82 Å². The van der Waals surface area contributed by atoms with E-state index in [-0.39, 0.29) is 18.3 Å². The summed E-state index contributed by atoms with van der Waals surface area (Å²) in [6, 6.07) is 0. The first kappa shape index (κ1) is 26.0. The van der Waals surface area contributed by atoms with E-state index < -0.39 is 7.82 Å². The van der Waals surface area contributed by atoms with Gasteiger partial charge in [0.1, 0.15) is 0 Å². The zero-order valence-corrected chi connectivity index (χ0v) is 18.3. The molecule has 0 aromatic carbocycles. The Balaban J connectivity index is 5.16. The van der Waals surface area contributed by atoms with E-state index in [9.17, 15) is 4.57 Å². The molecule has 0 spiro atoms. The van der Waals surface area contributed by atoms with Crippen LogP contribution in [0.3, 0.4) is 0 Å². The molecule has 0 aromatic heterocycles. The van der Waals surface area contributed by atoms with E-state index >= 15 is 0 Å². The number of hydrogen-bond acceptors (Lipinski definition) is 7. The van der Waals surface area contributed by atoms with E-state index in [2.05, 4.69) is 0 Å². The van der Waals surface area contributed by atoms with Crippen LogP contribution in [0.1, 0.15) is 60.8 Å². The summed E-state index contributed by atoms with van der Waals surface area (Å²) in [4.78, 5) is 0. The van der Waals surface area contributed by atoms with Crippen molar-refractivity contribution in [3.63, 3.8) is 0 Å². The van der Waals surface area contributed by atoms with Crippen molar-refractivity contribution in [2.45, 2.75) is 79.1 Å². The monoisotopic (exact) mass is 398 g/mol. The van der Waals surface area contributed by atoms with Crippen molar-refractivity contribution in [2.75, 3.05) is 39.6 Å². The predicted molar refractivity (Wildman–Crippen MR) is 103 cm³/mol. The lowest BCUT2D eigenvalue weighted by Crippen LogP contribution is -2.26. The third-order valence-electron chi connectivity index (χ3n) is 3.72. The second-order valence-electron chi connectivity index (χ2n) is 5.83. The lowest BCUT2D eigenvalue weighted by atomic mass is 10.3. The lowest BCUT2D eigenvalue weighted by Gasteiger charge is -2.29. The largest absolute Gasteiger partial charge is 0.475 e. The van der Waals surface area contributed by atoms with E-state index in [4.69, 9.17) is 27.8 Å². The summed E-state index contributed by atoms with van der Waals surface area (Å²) in [7, 11) is -3.80. The van der Waals surface area contributed by atoms with Crippen LogP contribution in [0.4, 0.5) is 0 Å². The van der Waals surface area contributed by atoms with Gasteiger partial charge in [0.2, 0.25) is 0 Å². The minimum absolute atomic E-state index is 0.341. The van der Waals surface area contributed by atoms with Crippen LogP contribution in [-0.4, -0.2) is 58.0 Å². The molecule has 0 aliphatic carbocycles. The van der Waals surface area contributed by atoms with Gasteiger partial charge < -0.3 is 14.2 Å². The number of ether oxygens (including phenoxy) is 3. The second-order valence-corrected chi connectivity index (χ2v) is 7.36. The molecule has 0 aliphatic rings. The number of phosphoric acid groups is 1. The Kier molecular flexibility index (Phi) is 16.0. The number of hydrogen-bond donors (Lipinski definition) is 0. The maximum atomic E-state index is 13.4. The van der Waals surface area contributed by atoms with Gasteiger partial charge in [0, 0.05) is 19.8 Å². The van der Waals surface area contributed by atoms with Crippen molar-refractivity contribution in [2.24, 2.45) is 0 Å². The van der Waals surface area contributed by atoms with E-state index in [1.165, 1.54) is 0 Å². The first-order valence-corrected chi connectivity index (χ1v) is 11.3. The van der Waals surface area contributed by atoms with Crippen LogP contribution in [0.5, 0.6) is 0 Å². The normalized spacial score (nSPS) is 17.6. The molecule has 158 valence electrons. The van der Waals surface area contributed by atoms with Crippen molar-refractivity contribution in [3.05, 3.63) is 0 Å². The van der Waals surface area contributed by atoms with Crippen LogP contribution >= 0.6 is 7.82 Å². The molecule has 0 radical (unpaired) electrons. The van der Waals surface area contributed by atoms with Crippen molar-refractivity contribution in [3.8, 4) is 0 Å². The summed E-state index contributed by atoms with van der Waals surface area (Å²) in [6.45, 7) is 14.3. The summed E-state index contributed by atoms with van der Waals surface area (Å²) in [5, 5.41) is 0. The van der Waals surface area contributed by atoms with Crippen LogP contribution in [-0.2, 0) is 32.3 Å². The molecule has 0 aromatic rings. The number of phosphoric ester groups is 1. The Bertz CT molecular complexity index is 315. The van der Waals surface area contributed by atoms with Crippen LogP contribution in [0.15, 0.2) is 0 Å². The topological polar surface area (TPSA) is 72.5 Å². The molecule has 3 atom stereocenters. The highest BCUT2D eigenvalue weighted by Gasteiger charge is 2.36. The maximum Gasteiger partial charge on any atom is 0.475 e. The highest BCUT2D eigenvalue weighted by atomic mass is 31.2. The fourth-order valence-corrected chi connectivity index (χ4v) is 3.91. The van der Waals surface area contributed by atoms with Gasteiger partial charge in [-0.1, -0.05) is 20.8 Å². The van der Waals surface area contributed by atoms with Gasteiger partial charge in [-0.05, 0) is 40.0 Å². The van der Waals surface area contributed by atoms with Gasteiger partial charge in [0.25, 0.3) is 0 Å². The molecule has 0 fully saturated rings. The van der Waals surface area contributed by atoms with Gasteiger partial charge in [-0.3, -0.25) is 13.6 Å². The van der Waals surface area contributed by atoms with E-state index in [1.807, 2.05) is 41.5 Å². The number of rotatable bonds is 18. The molecule has 0 rings (SSSR count). The van der Waals surface area contributed by atoms with Gasteiger partial charge in [-0.2, -0.15) is 0 Å². The zero-order chi connectivity index (χ0) is 19.8. The SMILES string of the molecule is CCOCC(CC)OP(=O)(OC(CC)COCC)OC(CC)COCC. The predicted octanol–water partition coefficient (Wildman–Crippen LogP) is 4.59. The minimum atomic E-state index is -3.80. The highest BCUT2D eigenvalue weighted by molar-refractivity contribution is 7.48. The van der Waals surface area contributed by atoms with Gasteiger partial charge >= 0.3 is 7.82 Å². The average molecular weight is 398 g/mol. The molecular weight excluding hydrogens is 359 g/mol. The third kappa shape index (κ3) is 11.7. The molecular formula is C18H39O7P. The molecule has 0 heterocycles. The summed E-state index contributed by atoms with van der Waals surface area (Å²) in [6.07, 6.45) is 0.823. The first-order chi connectivity index (χ1) is 12.5. The lowest BCUT2D eigenvalue weighted by molar-refractivity contribution is -0.0328. The van der Waals surface area contributed by atoms with Gasteiger partial charge in [0.05, 0.1) is 38.1 Å². The molecule has 0 saturated heterocycles. The van der Waals surface area contributed by atoms with E-state index in [0.29, 0.717) is 58.9 Å². The Labute approximate surface area is 159 Å². The molecule has 0 saturated carbocycles. The Morgan fingerprint density at radius 1 is 0.577 bits per heavy atom. The molecule has 0 bridgehead atoms. The summed E-state index contributed by atoms with van der Waals surface area (Å²) < 4.78 is 47.0. The van der Waals surface area contributed by atoms with Crippen LogP contribution < -0.4 is 0 Å². The Morgan fingerprint density at radius 2 is 0.846 bits per heavy atom. The van der Waals surface area contributed by atoms with Crippen molar-refractivity contribution in [1.29, 1.82) is 0 Å². The fourth-order valence-electron chi connectivity index (χ4n) is 2.04. The summed E-state index contributed by atoms with van der Waals surface area (Å²) >= 11 is 0. The average Bonchev–Trinajstić information content (AvgIpc) is 2.65. The van der Waals surface area contributed by atoms with Gasteiger partial charge in [-0.25, -0.2) is 4.57 Å². The molecule has 0 amide bonds. The quantitative estimate of drug-likeness (QED) is 0.313. The molecule has 0 aliphatic heterocycles. The second kappa shape index (κ2) is 16.0. The Hall–Kier alpha value is -0.0100. The third-order valence-corrected chi connectivity index (χ3v) is 5.39. The van der Waals surface area contributed by atoms with Gasteiger partial charge in [0.15, 0.2) is 0 Å². The van der Waals surface area contributed by atoms with Crippen LogP contribution in [0.2, 0.25) is 0 Å². The summed E-state index contributed by atoms with van der Waals surface area (Å²) in [5.74, 6) is 0. The minimum Gasteiger partial charge on any atom is -0.379 e.